The van der Waals surface area contributed by atoms with E-state index in [1.807, 2.05) is 0 Å². The highest BCUT2D eigenvalue weighted by Gasteiger charge is 2.14. The van der Waals surface area contributed by atoms with Crippen LogP contribution < -0.4 is 4.74 Å². The Morgan fingerprint density at radius 2 is 2.06 bits per heavy atom. The average Bonchev–Trinajstić information content (AvgIpc) is 2.27. The van der Waals surface area contributed by atoms with E-state index in [0.29, 0.717) is 5.56 Å². The fourth-order valence-corrected chi connectivity index (χ4v) is 1.35. The van der Waals surface area contributed by atoms with Crippen LogP contribution in [0, 0.1) is 6.92 Å². The first-order valence-corrected chi connectivity index (χ1v) is 5.17. The Bertz CT molecular complexity index is 425. The Kier molecular flexibility index (Phi) is 4.51. The monoisotopic (exact) mass is 238 g/mol. The fourth-order valence-electron chi connectivity index (χ4n) is 1.35. The Morgan fingerprint density at radius 1 is 1.35 bits per heavy atom. The number of ether oxygens (including phenoxy) is 2. The van der Waals surface area contributed by atoms with Crippen LogP contribution in [0.15, 0.2) is 18.2 Å². The highest BCUT2D eigenvalue weighted by molar-refractivity contribution is 5.91. The van der Waals surface area contributed by atoms with Crippen molar-refractivity contribution in [3.05, 3.63) is 29.3 Å². The molecule has 1 aromatic rings. The Morgan fingerprint density at radius 3 is 2.65 bits per heavy atom. The zero-order valence-corrected chi connectivity index (χ0v) is 9.73. The van der Waals surface area contributed by atoms with Gasteiger partial charge in [-0.15, -0.1) is 0 Å². The molecule has 0 aliphatic carbocycles. The van der Waals surface area contributed by atoms with E-state index < -0.39 is 11.9 Å². The van der Waals surface area contributed by atoms with Crippen molar-refractivity contribution in [1.29, 1.82) is 0 Å². The standard InChI is InChI=1S/C12H14O5/c1-3-16-10(13)7-17-11-8(2)5-4-6-9(11)12(14)15/h4-6H,3,7H2,1-2H3,(H,14,15). The summed E-state index contributed by atoms with van der Waals surface area (Å²) in [7, 11) is 0. The van der Waals surface area contributed by atoms with Crippen LogP contribution >= 0.6 is 0 Å². The summed E-state index contributed by atoms with van der Waals surface area (Å²) in [5.74, 6) is -1.41. The van der Waals surface area contributed by atoms with Gasteiger partial charge in [-0.3, -0.25) is 0 Å². The average molecular weight is 238 g/mol. The van der Waals surface area contributed by atoms with Gasteiger partial charge < -0.3 is 14.6 Å². The largest absolute Gasteiger partial charge is 0.481 e. The second-order valence-corrected chi connectivity index (χ2v) is 3.35. The maximum absolute atomic E-state index is 11.1. The molecule has 5 nitrogen and oxygen atoms in total. The number of rotatable bonds is 5. The molecule has 0 aromatic heterocycles. The molecule has 0 aliphatic rings. The first kappa shape index (κ1) is 13.0. The number of aromatic carboxylic acids is 1. The molecule has 0 bridgehead atoms. The summed E-state index contributed by atoms with van der Waals surface area (Å²) in [4.78, 5) is 22.1. The minimum atomic E-state index is -1.09. The molecule has 17 heavy (non-hydrogen) atoms. The zero-order chi connectivity index (χ0) is 12.8. The summed E-state index contributed by atoms with van der Waals surface area (Å²) in [6.45, 7) is 3.38. The van der Waals surface area contributed by atoms with Crippen LogP contribution in [0.25, 0.3) is 0 Å². The molecule has 1 N–H and O–H groups in total. The number of esters is 1. The minimum absolute atomic E-state index is 0.0364. The van der Waals surface area contributed by atoms with E-state index in [4.69, 9.17) is 14.6 Å². The van der Waals surface area contributed by atoms with Crippen LogP contribution in [0.4, 0.5) is 0 Å². The molecule has 0 amide bonds. The summed E-state index contributed by atoms with van der Waals surface area (Å²) >= 11 is 0. The van der Waals surface area contributed by atoms with Crippen LogP contribution in [0.1, 0.15) is 22.8 Å². The number of carboxylic acids is 1. The lowest BCUT2D eigenvalue weighted by molar-refractivity contribution is -0.145. The molecule has 0 fully saturated rings. The van der Waals surface area contributed by atoms with Gasteiger partial charge in [-0.05, 0) is 25.5 Å². The number of benzene rings is 1. The molecule has 0 saturated heterocycles. The third-order valence-corrected chi connectivity index (χ3v) is 2.08. The number of para-hydroxylation sites is 1. The molecule has 0 atom stereocenters. The first-order valence-electron chi connectivity index (χ1n) is 5.17. The van der Waals surface area contributed by atoms with Crippen molar-refractivity contribution in [2.24, 2.45) is 0 Å². The summed E-state index contributed by atoms with van der Waals surface area (Å²) in [6.07, 6.45) is 0. The van der Waals surface area contributed by atoms with Crippen LogP contribution in [0.5, 0.6) is 5.75 Å². The summed E-state index contributed by atoms with van der Waals surface area (Å²) in [5, 5.41) is 8.96. The normalized spacial score (nSPS) is 9.76. The highest BCUT2D eigenvalue weighted by Crippen LogP contribution is 2.23. The Hall–Kier alpha value is -2.04. The molecule has 0 saturated carbocycles. The van der Waals surface area contributed by atoms with Gasteiger partial charge >= 0.3 is 11.9 Å². The van der Waals surface area contributed by atoms with E-state index in [0.717, 1.165) is 0 Å². The van der Waals surface area contributed by atoms with Crippen molar-refractivity contribution >= 4 is 11.9 Å². The number of hydrogen-bond acceptors (Lipinski definition) is 4. The lowest BCUT2D eigenvalue weighted by atomic mass is 10.1. The molecule has 92 valence electrons. The molecule has 1 rings (SSSR count). The van der Waals surface area contributed by atoms with Crippen molar-refractivity contribution < 1.29 is 24.2 Å². The van der Waals surface area contributed by atoms with Gasteiger partial charge in [-0.25, -0.2) is 9.59 Å². The first-order chi connectivity index (χ1) is 8.06. The lowest BCUT2D eigenvalue weighted by Crippen LogP contribution is -2.16. The van der Waals surface area contributed by atoms with Crippen molar-refractivity contribution in [3.63, 3.8) is 0 Å². The molecule has 1 aromatic carbocycles. The quantitative estimate of drug-likeness (QED) is 0.789. The van der Waals surface area contributed by atoms with Crippen molar-refractivity contribution in [2.75, 3.05) is 13.2 Å². The van der Waals surface area contributed by atoms with Gasteiger partial charge in [0.25, 0.3) is 0 Å². The third-order valence-electron chi connectivity index (χ3n) is 2.08. The van der Waals surface area contributed by atoms with E-state index in [9.17, 15) is 9.59 Å². The van der Waals surface area contributed by atoms with Crippen molar-refractivity contribution in [2.45, 2.75) is 13.8 Å². The smallest absolute Gasteiger partial charge is 0.344 e. The van der Waals surface area contributed by atoms with Gasteiger partial charge in [-0.1, -0.05) is 12.1 Å². The van der Waals surface area contributed by atoms with E-state index in [2.05, 4.69) is 0 Å². The van der Waals surface area contributed by atoms with Crippen LogP contribution in [-0.4, -0.2) is 30.3 Å². The van der Waals surface area contributed by atoms with E-state index in [1.165, 1.54) is 6.07 Å². The van der Waals surface area contributed by atoms with E-state index in [-0.39, 0.29) is 24.5 Å². The Labute approximate surface area is 99.0 Å². The summed E-state index contributed by atoms with van der Waals surface area (Å²) in [6, 6.07) is 4.76. The maximum atomic E-state index is 11.1. The Balaban J connectivity index is 2.82. The predicted molar refractivity (Wildman–Crippen MR) is 60.3 cm³/mol. The second kappa shape index (κ2) is 5.89. The number of carboxylic acid groups (broad SMARTS) is 1. The van der Waals surface area contributed by atoms with Crippen LogP contribution in [0.2, 0.25) is 0 Å². The van der Waals surface area contributed by atoms with Crippen molar-refractivity contribution in [3.8, 4) is 5.75 Å². The molecular weight excluding hydrogens is 224 g/mol. The van der Waals surface area contributed by atoms with Gasteiger partial charge in [0.05, 0.1) is 6.61 Å². The van der Waals surface area contributed by atoms with E-state index in [1.54, 1.807) is 26.0 Å². The number of hydrogen-bond donors (Lipinski definition) is 1. The molecule has 0 spiro atoms. The van der Waals surface area contributed by atoms with Crippen LogP contribution in [-0.2, 0) is 9.53 Å². The molecular formula is C12H14O5. The van der Waals surface area contributed by atoms with Crippen molar-refractivity contribution in [1.82, 2.24) is 0 Å². The lowest BCUT2D eigenvalue weighted by Gasteiger charge is -2.11. The van der Waals surface area contributed by atoms with Crippen LogP contribution in [0.3, 0.4) is 0 Å². The number of aryl methyl sites for hydroxylation is 1. The number of carbonyl (C=O) groups excluding carboxylic acids is 1. The highest BCUT2D eigenvalue weighted by atomic mass is 16.6. The summed E-state index contributed by atoms with van der Waals surface area (Å²) < 4.78 is 9.88. The molecule has 0 radical (unpaired) electrons. The SMILES string of the molecule is CCOC(=O)COc1c(C)cccc1C(=O)O. The molecule has 0 aliphatic heterocycles. The second-order valence-electron chi connectivity index (χ2n) is 3.35. The fraction of sp³-hybridized carbons (Fsp3) is 0.333. The summed E-state index contributed by atoms with van der Waals surface area (Å²) in [5.41, 5.74) is 0.698. The number of carbonyl (C=O) groups is 2. The molecule has 0 unspecified atom stereocenters. The predicted octanol–water partition coefficient (Wildman–Crippen LogP) is 1.64. The zero-order valence-electron chi connectivity index (χ0n) is 9.73. The van der Waals surface area contributed by atoms with Gasteiger partial charge in [-0.2, -0.15) is 0 Å². The third kappa shape index (κ3) is 3.48. The van der Waals surface area contributed by atoms with Gasteiger partial charge in [0.1, 0.15) is 11.3 Å². The topological polar surface area (TPSA) is 72.8 Å². The minimum Gasteiger partial charge on any atom is -0.481 e. The van der Waals surface area contributed by atoms with Gasteiger partial charge in [0.2, 0.25) is 0 Å². The van der Waals surface area contributed by atoms with E-state index >= 15 is 0 Å². The van der Waals surface area contributed by atoms with Gasteiger partial charge in [0, 0.05) is 0 Å². The van der Waals surface area contributed by atoms with Gasteiger partial charge in [0.15, 0.2) is 6.61 Å². The maximum Gasteiger partial charge on any atom is 0.344 e. The molecule has 5 heteroatoms. The molecule has 0 heterocycles.